The van der Waals surface area contributed by atoms with Gasteiger partial charge in [-0.15, -0.1) is 0 Å². The van der Waals surface area contributed by atoms with E-state index in [9.17, 15) is 24.0 Å². The molecule has 0 aromatic carbocycles. The summed E-state index contributed by atoms with van der Waals surface area (Å²) in [6.45, 7) is 7.97. The number of aromatic amines is 1. The second kappa shape index (κ2) is 9.10. The topological polar surface area (TPSA) is 123 Å². The van der Waals surface area contributed by atoms with Crippen LogP contribution in [0.2, 0.25) is 0 Å². The first-order valence-electron chi connectivity index (χ1n) is 10.7. The van der Waals surface area contributed by atoms with E-state index in [2.05, 4.69) is 4.98 Å². The summed E-state index contributed by atoms with van der Waals surface area (Å²) in [6.07, 6.45) is 3.48. The Kier molecular flexibility index (Phi) is 6.66. The Morgan fingerprint density at radius 1 is 1.09 bits per heavy atom. The number of nitrogens with zero attached hydrogens (tertiary/aromatic N) is 1. The molecule has 3 rings (SSSR count). The SMILES string of the molecule is CCOC(=O)c1c(C)[nH]c(C(=O)C(C)OC(=O)[C@H](C)N2C(=O)C3CC=CCC3C2=O)c1C. The molecule has 0 saturated carbocycles. The molecule has 172 valence electrons. The van der Waals surface area contributed by atoms with Gasteiger partial charge in [-0.2, -0.15) is 0 Å². The van der Waals surface area contributed by atoms with Crippen LogP contribution in [0.3, 0.4) is 0 Å². The number of imide groups is 1. The highest BCUT2D eigenvalue weighted by molar-refractivity contribution is 6.08. The van der Waals surface area contributed by atoms with Crippen LogP contribution in [0.25, 0.3) is 0 Å². The number of carbonyl (C=O) groups excluding carboxylic acids is 5. The van der Waals surface area contributed by atoms with Crippen molar-refractivity contribution in [2.75, 3.05) is 6.61 Å². The summed E-state index contributed by atoms with van der Waals surface area (Å²) in [5, 5.41) is 0. The lowest BCUT2D eigenvalue weighted by molar-refractivity contribution is -0.159. The van der Waals surface area contributed by atoms with Crippen LogP contribution in [0.4, 0.5) is 0 Å². The molecule has 9 heteroatoms. The lowest BCUT2D eigenvalue weighted by Gasteiger charge is -2.23. The van der Waals surface area contributed by atoms with Crippen molar-refractivity contribution in [3.8, 4) is 0 Å². The van der Waals surface area contributed by atoms with Gasteiger partial charge in [-0.3, -0.25) is 19.3 Å². The molecule has 0 spiro atoms. The van der Waals surface area contributed by atoms with E-state index >= 15 is 0 Å². The van der Waals surface area contributed by atoms with E-state index in [0.717, 1.165) is 4.90 Å². The third-order valence-electron chi connectivity index (χ3n) is 6.10. The molecule has 1 N–H and O–H groups in total. The molecule has 0 radical (unpaired) electrons. The number of aromatic nitrogens is 1. The zero-order chi connectivity index (χ0) is 23.7. The van der Waals surface area contributed by atoms with Crippen LogP contribution < -0.4 is 0 Å². The fourth-order valence-electron chi connectivity index (χ4n) is 4.35. The van der Waals surface area contributed by atoms with Crippen molar-refractivity contribution < 1.29 is 33.4 Å². The van der Waals surface area contributed by atoms with E-state index in [1.807, 2.05) is 12.2 Å². The molecular formula is C23H28N2O7. The number of ketones is 1. The van der Waals surface area contributed by atoms with E-state index in [4.69, 9.17) is 9.47 Å². The van der Waals surface area contributed by atoms with Gasteiger partial charge in [0.05, 0.1) is 29.7 Å². The highest BCUT2D eigenvalue weighted by Gasteiger charge is 2.50. The van der Waals surface area contributed by atoms with Crippen molar-refractivity contribution in [2.45, 2.75) is 59.6 Å². The number of aryl methyl sites for hydroxylation is 1. The number of likely N-dealkylation sites (tertiary alicyclic amines) is 1. The fraction of sp³-hybridized carbons (Fsp3) is 0.522. The number of hydrogen-bond acceptors (Lipinski definition) is 7. The van der Waals surface area contributed by atoms with E-state index in [0.29, 0.717) is 24.1 Å². The molecule has 1 fully saturated rings. The number of rotatable bonds is 7. The van der Waals surface area contributed by atoms with Gasteiger partial charge in [0.25, 0.3) is 0 Å². The lowest BCUT2D eigenvalue weighted by Crippen LogP contribution is -2.45. The summed E-state index contributed by atoms with van der Waals surface area (Å²) in [4.78, 5) is 67.0. The average Bonchev–Trinajstić information content (AvgIpc) is 3.19. The Hall–Kier alpha value is -3.23. The molecule has 4 atom stereocenters. The molecular weight excluding hydrogens is 416 g/mol. The van der Waals surface area contributed by atoms with Crippen LogP contribution in [0, 0.1) is 25.7 Å². The Balaban J connectivity index is 1.71. The molecule has 1 aliphatic carbocycles. The van der Waals surface area contributed by atoms with Gasteiger partial charge in [-0.05, 0) is 53.0 Å². The number of allylic oxidation sites excluding steroid dienone is 2. The number of H-pyrrole nitrogens is 1. The molecule has 1 aliphatic heterocycles. The molecule has 9 nitrogen and oxygen atoms in total. The lowest BCUT2D eigenvalue weighted by atomic mass is 9.85. The van der Waals surface area contributed by atoms with Gasteiger partial charge >= 0.3 is 11.9 Å². The van der Waals surface area contributed by atoms with Crippen molar-refractivity contribution in [1.29, 1.82) is 0 Å². The zero-order valence-electron chi connectivity index (χ0n) is 18.9. The van der Waals surface area contributed by atoms with Crippen LogP contribution in [0.5, 0.6) is 0 Å². The maximum Gasteiger partial charge on any atom is 0.340 e. The third-order valence-corrected chi connectivity index (χ3v) is 6.10. The average molecular weight is 444 g/mol. The van der Waals surface area contributed by atoms with Crippen molar-refractivity contribution >= 4 is 29.5 Å². The maximum absolute atomic E-state index is 12.9. The van der Waals surface area contributed by atoms with E-state index in [-0.39, 0.29) is 29.7 Å². The highest BCUT2D eigenvalue weighted by atomic mass is 16.5. The highest BCUT2D eigenvalue weighted by Crippen LogP contribution is 2.36. The predicted molar refractivity (Wildman–Crippen MR) is 113 cm³/mol. The van der Waals surface area contributed by atoms with Crippen LogP contribution in [0.1, 0.15) is 65.7 Å². The summed E-state index contributed by atoms with van der Waals surface area (Å²) in [5.41, 5.74) is 1.29. The first-order valence-corrected chi connectivity index (χ1v) is 10.7. The van der Waals surface area contributed by atoms with Gasteiger partial charge in [0.2, 0.25) is 17.6 Å². The standard InChI is InChI=1S/C23H28N2O7/c1-6-31-23(30)17-11(2)18(24-12(17)3)19(26)14(5)32-22(29)13(4)25-20(27)15-9-7-8-10-16(15)21(25)28/h7-8,13-16,24H,6,9-10H2,1-5H3/t13-,14?,15?,16?/m0/s1. The first-order chi connectivity index (χ1) is 15.1. The van der Waals surface area contributed by atoms with E-state index in [1.165, 1.54) is 13.8 Å². The fourth-order valence-corrected chi connectivity index (χ4v) is 4.35. The second-order valence-electron chi connectivity index (χ2n) is 8.17. The van der Waals surface area contributed by atoms with Crippen LogP contribution in [-0.4, -0.2) is 58.2 Å². The Morgan fingerprint density at radius 2 is 1.66 bits per heavy atom. The smallest absolute Gasteiger partial charge is 0.340 e. The Bertz CT molecular complexity index is 980. The molecule has 2 aliphatic rings. The summed E-state index contributed by atoms with van der Waals surface area (Å²) < 4.78 is 10.3. The second-order valence-corrected chi connectivity index (χ2v) is 8.17. The minimum atomic E-state index is -1.19. The van der Waals surface area contributed by atoms with Crippen LogP contribution >= 0.6 is 0 Å². The quantitative estimate of drug-likeness (QED) is 0.296. The minimum Gasteiger partial charge on any atom is -0.462 e. The minimum absolute atomic E-state index is 0.143. The van der Waals surface area contributed by atoms with Crippen molar-refractivity contribution in [3.05, 3.63) is 34.7 Å². The molecule has 2 amide bonds. The van der Waals surface area contributed by atoms with Crippen LogP contribution in [-0.2, 0) is 23.9 Å². The molecule has 2 heterocycles. The van der Waals surface area contributed by atoms with E-state index in [1.54, 1.807) is 20.8 Å². The summed E-state index contributed by atoms with van der Waals surface area (Å²) in [7, 11) is 0. The molecule has 0 bridgehead atoms. The molecule has 32 heavy (non-hydrogen) atoms. The monoisotopic (exact) mass is 444 g/mol. The summed E-state index contributed by atoms with van der Waals surface area (Å²) in [6, 6.07) is -1.14. The Labute approximate surface area is 186 Å². The van der Waals surface area contributed by atoms with Gasteiger partial charge in [0.15, 0.2) is 6.10 Å². The van der Waals surface area contributed by atoms with Gasteiger partial charge in [-0.25, -0.2) is 9.59 Å². The van der Waals surface area contributed by atoms with Crippen molar-refractivity contribution in [1.82, 2.24) is 9.88 Å². The zero-order valence-corrected chi connectivity index (χ0v) is 18.9. The number of nitrogens with one attached hydrogen (secondary N) is 1. The number of fused-ring (bicyclic) bond motifs is 1. The van der Waals surface area contributed by atoms with E-state index < -0.39 is 41.7 Å². The maximum atomic E-state index is 12.9. The normalized spacial score (nSPS) is 21.8. The number of esters is 2. The molecule has 1 aromatic heterocycles. The number of hydrogen-bond donors (Lipinski definition) is 1. The summed E-state index contributed by atoms with van der Waals surface area (Å²) in [5.74, 6) is -3.59. The molecule has 1 aromatic rings. The number of ether oxygens (including phenoxy) is 2. The third kappa shape index (κ3) is 3.99. The van der Waals surface area contributed by atoms with Gasteiger partial charge < -0.3 is 14.5 Å². The van der Waals surface area contributed by atoms with Crippen LogP contribution in [0.15, 0.2) is 12.2 Å². The largest absolute Gasteiger partial charge is 0.462 e. The first kappa shape index (κ1) is 23.4. The van der Waals surface area contributed by atoms with Gasteiger partial charge in [0.1, 0.15) is 6.04 Å². The summed E-state index contributed by atoms with van der Waals surface area (Å²) >= 11 is 0. The number of carbonyl (C=O) groups is 5. The van der Waals surface area contributed by atoms with Gasteiger partial charge in [-0.1, -0.05) is 12.2 Å². The van der Waals surface area contributed by atoms with Crippen molar-refractivity contribution in [2.24, 2.45) is 11.8 Å². The Morgan fingerprint density at radius 3 is 2.19 bits per heavy atom. The molecule has 1 saturated heterocycles. The number of Topliss-reactive ketones (excluding diaryl/α,β-unsaturated/α-hetero) is 1. The predicted octanol–water partition coefficient (Wildman–Crippen LogP) is 2.26. The number of amides is 2. The molecule has 3 unspecified atom stereocenters. The van der Waals surface area contributed by atoms with Crippen molar-refractivity contribution in [3.63, 3.8) is 0 Å². The van der Waals surface area contributed by atoms with Gasteiger partial charge in [0, 0.05) is 5.69 Å².